The molecule has 1 saturated carbocycles. The number of nitrogens with two attached hydrogens (primary N) is 1. The summed E-state index contributed by atoms with van der Waals surface area (Å²) in [5, 5.41) is 3.07. The van der Waals surface area contributed by atoms with Gasteiger partial charge in [-0.05, 0) is 12.0 Å². The van der Waals surface area contributed by atoms with Crippen LogP contribution in [0.1, 0.15) is 25.8 Å². The molecule has 1 aromatic rings. The molecular formula is C14H20N2O. The van der Waals surface area contributed by atoms with Gasteiger partial charge in [-0.1, -0.05) is 44.2 Å². The Morgan fingerprint density at radius 1 is 1.41 bits per heavy atom. The van der Waals surface area contributed by atoms with Crippen molar-refractivity contribution < 1.29 is 4.79 Å². The van der Waals surface area contributed by atoms with Crippen molar-refractivity contribution in [3.05, 3.63) is 35.9 Å². The van der Waals surface area contributed by atoms with E-state index in [1.165, 1.54) is 0 Å². The normalized spacial score (nSPS) is 26.1. The fourth-order valence-electron chi connectivity index (χ4n) is 2.23. The van der Waals surface area contributed by atoms with Gasteiger partial charge in [0.15, 0.2) is 0 Å². The van der Waals surface area contributed by atoms with Crippen molar-refractivity contribution in [2.45, 2.75) is 38.8 Å². The molecule has 17 heavy (non-hydrogen) atoms. The summed E-state index contributed by atoms with van der Waals surface area (Å²) >= 11 is 0. The predicted octanol–water partition coefficient (Wildman–Crippen LogP) is 1.47. The number of carbonyl (C=O) groups excluding carboxylic acids is 1. The Labute approximate surface area is 102 Å². The van der Waals surface area contributed by atoms with Gasteiger partial charge >= 0.3 is 0 Å². The van der Waals surface area contributed by atoms with E-state index in [-0.39, 0.29) is 23.4 Å². The Kier molecular flexibility index (Phi) is 3.20. The Hall–Kier alpha value is -1.35. The molecule has 0 heterocycles. The molecule has 0 bridgehead atoms. The largest absolute Gasteiger partial charge is 0.352 e. The molecule has 0 spiro atoms. The highest BCUT2D eigenvalue weighted by atomic mass is 16.1. The minimum absolute atomic E-state index is 0.0202. The SMILES string of the molecule is CC1(C)C(N)CC1NC(=O)Cc1ccccc1. The van der Waals surface area contributed by atoms with Crippen LogP contribution in [0.2, 0.25) is 0 Å². The quantitative estimate of drug-likeness (QED) is 0.829. The molecular weight excluding hydrogens is 212 g/mol. The molecule has 2 atom stereocenters. The highest BCUT2D eigenvalue weighted by Gasteiger charge is 2.46. The van der Waals surface area contributed by atoms with E-state index in [2.05, 4.69) is 19.2 Å². The van der Waals surface area contributed by atoms with E-state index in [1.807, 2.05) is 30.3 Å². The molecule has 1 fully saturated rings. The summed E-state index contributed by atoms with van der Waals surface area (Å²) in [7, 11) is 0. The number of amides is 1. The fourth-order valence-corrected chi connectivity index (χ4v) is 2.23. The Morgan fingerprint density at radius 2 is 2.06 bits per heavy atom. The minimum Gasteiger partial charge on any atom is -0.352 e. The van der Waals surface area contributed by atoms with Crippen molar-refractivity contribution in [2.24, 2.45) is 11.1 Å². The van der Waals surface area contributed by atoms with Crippen LogP contribution in [-0.4, -0.2) is 18.0 Å². The van der Waals surface area contributed by atoms with Crippen molar-refractivity contribution in [2.75, 3.05) is 0 Å². The highest BCUT2D eigenvalue weighted by molar-refractivity contribution is 5.79. The molecule has 92 valence electrons. The van der Waals surface area contributed by atoms with Crippen LogP contribution in [0.5, 0.6) is 0 Å². The number of carbonyl (C=O) groups is 1. The first kappa shape index (κ1) is 12.1. The van der Waals surface area contributed by atoms with E-state index in [1.54, 1.807) is 0 Å². The van der Waals surface area contributed by atoms with E-state index < -0.39 is 0 Å². The van der Waals surface area contributed by atoms with E-state index in [4.69, 9.17) is 5.73 Å². The van der Waals surface area contributed by atoms with Crippen molar-refractivity contribution in [3.63, 3.8) is 0 Å². The lowest BCUT2D eigenvalue weighted by atomic mass is 9.63. The first-order chi connectivity index (χ1) is 8.00. The van der Waals surface area contributed by atoms with Crippen LogP contribution in [0, 0.1) is 5.41 Å². The van der Waals surface area contributed by atoms with Crippen molar-refractivity contribution >= 4 is 5.91 Å². The number of benzene rings is 1. The zero-order valence-electron chi connectivity index (χ0n) is 10.4. The summed E-state index contributed by atoms with van der Waals surface area (Å²) in [5.74, 6) is 0.0844. The molecule has 2 unspecified atom stereocenters. The third-order valence-corrected chi connectivity index (χ3v) is 3.89. The first-order valence-electron chi connectivity index (χ1n) is 6.09. The van der Waals surface area contributed by atoms with Crippen LogP contribution < -0.4 is 11.1 Å². The second kappa shape index (κ2) is 4.49. The Balaban J connectivity index is 1.87. The highest BCUT2D eigenvalue weighted by Crippen LogP contribution is 2.38. The molecule has 0 saturated heterocycles. The minimum atomic E-state index is 0.0202. The van der Waals surface area contributed by atoms with E-state index in [9.17, 15) is 4.79 Å². The summed E-state index contributed by atoms with van der Waals surface area (Å²) in [4.78, 5) is 11.9. The summed E-state index contributed by atoms with van der Waals surface area (Å²) in [6.07, 6.45) is 1.33. The molecule has 3 N–H and O–H groups in total. The van der Waals surface area contributed by atoms with Crippen LogP contribution in [0.15, 0.2) is 30.3 Å². The molecule has 3 heteroatoms. The maximum absolute atomic E-state index is 11.9. The summed E-state index contributed by atoms with van der Waals surface area (Å²) < 4.78 is 0. The third-order valence-electron chi connectivity index (χ3n) is 3.89. The lowest BCUT2D eigenvalue weighted by molar-refractivity contribution is -0.123. The van der Waals surface area contributed by atoms with Gasteiger partial charge in [-0.25, -0.2) is 0 Å². The molecule has 0 aromatic heterocycles. The summed E-state index contributed by atoms with van der Waals surface area (Å²) in [6.45, 7) is 4.21. The maximum Gasteiger partial charge on any atom is 0.224 e. The molecule has 1 amide bonds. The topological polar surface area (TPSA) is 55.1 Å². The van der Waals surface area contributed by atoms with Gasteiger partial charge in [-0.15, -0.1) is 0 Å². The molecule has 2 rings (SSSR count). The number of hydrogen-bond acceptors (Lipinski definition) is 2. The molecule has 1 aliphatic carbocycles. The molecule has 0 aliphatic heterocycles. The Bertz CT molecular complexity index is 400. The van der Waals surface area contributed by atoms with Crippen molar-refractivity contribution in [1.82, 2.24) is 5.32 Å². The average molecular weight is 232 g/mol. The van der Waals surface area contributed by atoms with Gasteiger partial charge in [0, 0.05) is 17.5 Å². The van der Waals surface area contributed by atoms with E-state index in [0.717, 1.165) is 12.0 Å². The second-order valence-corrected chi connectivity index (χ2v) is 5.45. The number of hydrogen-bond donors (Lipinski definition) is 2. The summed E-state index contributed by atoms with van der Waals surface area (Å²) in [5.41, 5.74) is 6.99. The molecule has 0 radical (unpaired) electrons. The lowest BCUT2D eigenvalue weighted by Crippen LogP contribution is -2.64. The van der Waals surface area contributed by atoms with Gasteiger partial charge in [0.25, 0.3) is 0 Å². The molecule has 3 nitrogen and oxygen atoms in total. The van der Waals surface area contributed by atoms with Crippen molar-refractivity contribution in [1.29, 1.82) is 0 Å². The second-order valence-electron chi connectivity index (χ2n) is 5.45. The van der Waals surface area contributed by atoms with Gasteiger partial charge in [0.2, 0.25) is 5.91 Å². The van der Waals surface area contributed by atoms with Crippen LogP contribution in [0.3, 0.4) is 0 Å². The maximum atomic E-state index is 11.9. The first-order valence-corrected chi connectivity index (χ1v) is 6.09. The van der Waals surface area contributed by atoms with E-state index in [0.29, 0.717) is 6.42 Å². The lowest BCUT2D eigenvalue weighted by Gasteiger charge is -2.50. The van der Waals surface area contributed by atoms with Gasteiger partial charge in [0.1, 0.15) is 0 Å². The molecule has 1 aliphatic rings. The number of rotatable bonds is 3. The van der Waals surface area contributed by atoms with Crippen LogP contribution in [0.25, 0.3) is 0 Å². The van der Waals surface area contributed by atoms with Crippen LogP contribution >= 0.6 is 0 Å². The van der Waals surface area contributed by atoms with Crippen molar-refractivity contribution in [3.8, 4) is 0 Å². The monoisotopic (exact) mass is 232 g/mol. The van der Waals surface area contributed by atoms with Gasteiger partial charge in [-0.3, -0.25) is 4.79 Å². The zero-order chi connectivity index (χ0) is 12.5. The predicted molar refractivity (Wildman–Crippen MR) is 68.5 cm³/mol. The van der Waals surface area contributed by atoms with Crippen LogP contribution in [-0.2, 0) is 11.2 Å². The smallest absolute Gasteiger partial charge is 0.224 e. The standard InChI is InChI=1S/C14H20N2O/c1-14(2)11(15)9-12(14)16-13(17)8-10-6-4-3-5-7-10/h3-7,11-12H,8-9,15H2,1-2H3,(H,16,17). The van der Waals surface area contributed by atoms with Gasteiger partial charge < -0.3 is 11.1 Å². The van der Waals surface area contributed by atoms with Gasteiger partial charge in [-0.2, -0.15) is 0 Å². The summed E-state index contributed by atoms with van der Waals surface area (Å²) in [6, 6.07) is 10.2. The van der Waals surface area contributed by atoms with E-state index >= 15 is 0 Å². The zero-order valence-corrected chi connectivity index (χ0v) is 10.4. The number of nitrogens with one attached hydrogen (secondary N) is 1. The van der Waals surface area contributed by atoms with Crippen LogP contribution in [0.4, 0.5) is 0 Å². The third kappa shape index (κ3) is 2.50. The molecule has 1 aromatic carbocycles. The average Bonchev–Trinajstić information content (AvgIpc) is 2.30. The Morgan fingerprint density at radius 3 is 2.59 bits per heavy atom. The fraction of sp³-hybridized carbons (Fsp3) is 0.500. The van der Waals surface area contributed by atoms with Gasteiger partial charge in [0.05, 0.1) is 6.42 Å².